The van der Waals surface area contributed by atoms with E-state index in [0.717, 1.165) is 25.2 Å². The average Bonchev–Trinajstić information content (AvgIpc) is 3.16. The van der Waals surface area contributed by atoms with E-state index in [-0.39, 0.29) is 5.91 Å². The SMILES string of the molecule is O=C(C[NH+]1CCc2ccccc2C1)Nc1cc(Cl)ccc1-n1cncn1. The van der Waals surface area contributed by atoms with E-state index in [4.69, 9.17) is 11.6 Å². The second-order valence-corrected chi connectivity index (χ2v) is 6.86. The number of carbonyl (C=O) groups is 1. The highest BCUT2D eigenvalue weighted by Crippen LogP contribution is 2.23. The van der Waals surface area contributed by atoms with Gasteiger partial charge >= 0.3 is 0 Å². The third kappa shape index (κ3) is 3.61. The first kappa shape index (κ1) is 16.8. The summed E-state index contributed by atoms with van der Waals surface area (Å²) in [7, 11) is 0. The van der Waals surface area contributed by atoms with Gasteiger partial charge in [0.1, 0.15) is 19.2 Å². The van der Waals surface area contributed by atoms with Crippen LogP contribution in [-0.2, 0) is 17.8 Å². The van der Waals surface area contributed by atoms with E-state index in [1.807, 2.05) is 6.07 Å². The van der Waals surface area contributed by atoms with Gasteiger partial charge in [0.15, 0.2) is 6.54 Å². The summed E-state index contributed by atoms with van der Waals surface area (Å²) >= 11 is 6.11. The molecule has 0 saturated carbocycles. The van der Waals surface area contributed by atoms with Crippen molar-refractivity contribution in [1.29, 1.82) is 0 Å². The van der Waals surface area contributed by atoms with Gasteiger partial charge in [-0.2, -0.15) is 5.10 Å². The van der Waals surface area contributed by atoms with E-state index < -0.39 is 0 Å². The lowest BCUT2D eigenvalue weighted by Gasteiger charge is -2.25. The quantitative estimate of drug-likeness (QED) is 0.733. The standard InChI is InChI=1S/C19H18ClN5O/c20-16-5-6-18(25-13-21-12-22-25)17(9-16)23-19(26)11-24-8-7-14-3-1-2-4-15(14)10-24/h1-6,9,12-13H,7-8,10-11H2,(H,23,26)/p+1. The summed E-state index contributed by atoms with van der Waals surface area (Å²) in [6.07, 6.45) is 4.04. The van der Waals surface area contributed by atoms with Crippen LogP contribution in [0, 0.1) is 0 Å². The first-order valence-corrected chi connectivity index (χ1v) is 8.91. The van der Waals surface area contributed by atoms with Gasteiger partial charge in [-0.15, -0.1) is 0 Å². The lowest BCUT2D eigenvalue weighted by Crippen LogP contribution is -3.12. The number of amides is 1. The van der Waals surface area contributed by atoms with Crippen molar-refractivity contribution in [3.8, 4) is 5.69 Å². The normalized spacial score (nSPS) is 16.1. The molecule has 0 aliphatic carbocycles. The molecule has 1 unspecified atom stereocenters. The Labute approximate surface area is 156 Å². The number of nitrogens with zero attached hydrogens (tertiary/aromatic N) is 3. The van der Waals surface area contributed by atoms with E-state index in [0.29, 0.717) is 17.3 Å². The Morgan fingerprint density at radius 2 is 2.08 bits per heavy atom. The molecular formula is C19H19ClN5O+. The second-order valence-electron chi connectivity index (χ2n) is 6.42. The molecule has 0 radical (unpaired) electrons. The number of hydrogen-bond donors (Lipinski definition) is 2. The number of rotatable bonds is 4. The van der Waals surface area contributed by atoms with Gasteiger partial charge in [0, 0.05) is 17.0 Å². The number of benzene rings is 2. The molecular weight excluding hydrogens is 350 g/mol. The number of quaternary nitrogens is 1. The molecule has 1 amide bonds. The summed E-state index contributed by atoms with van der Waals surface area (Å²) < 4.78 is 1.61. The molecule has 1 atom stereocenters. The highest BCUT2D eigenvalue weighted by molar-refractivity contribution is 6.31. The third-order valence-corrected chi connectivity index (χ3v) is 4.85. The monoisotopic (exact) mass is 368 g/mol. The predicted molar refractivity (Wildman–Crippen MR) is 99.5 cm³/mol. The Hall–Kier alpha value is -2.70. The topological polar surface area (TPSA) is 64.2 Å². The Morgan fingerprint density at radius 1 is 1.23 bits per heavy atom. The van der Waals surface area contributed by atoms with Crippen LogP contribution in [-0.4, -0.2) is 33.8 Å². The average molecular weight is 369 g/mol. The van der Waals surface area contributed by atoms with Crippen molar-refractivity contribution in [2.75, 3.05) is 18.4 Å². The molecule has 6 nitrogen and oxygen atoms in total. The van der Waals surface area contributed by atoms with Crippen LogP contribution in [0.3, 0.4) is 0 Å². The number of aromatic nitrogens is 3. The molecule has 2 heterocycles. The van der Waals surface area contributed by atoms with Crippen LogP contribution in [0.1, 0.15) is 11.1 Å². The van der Waals surface area contributed by atoms with Crippen LogP contribution in [0.5, 0.6) is 0 Å². The maximum absolute atomic E-state index is 12.6. The highest BCUT2D eigenvalue weighted by atomic mass is 35.5. The fraction of sp³-hybridized carbons (Fsp3) is 0.211. The number of halogens is 1. The zero-order chi connectivity index (χ0) is 17.9. The number of anilines is 1. The largest absolute Gasteiger partial charge is 0.323 e. The van der Waals surface area contributed by atoms with Crippen molar-refractivity contribution in [2.24, 2.45) is 0 Å². The van der Waals surface area contributed by atoms with Crippen molar-refractivity contribution >= 4 is 23.2 Å². The molecule has 1 aromatic heterocycles. The molecule has 0 fully saturated rings. The Bertz CT molecular complexity index is 925. The zero-order valence-corrected chi connectivity index (χ0v) is 14.9. The van der Waals surface area contributed by atoms with Crippen LogP contribution in [0.4, 0.5) is 5.69 Å². The van der Waals surface area contributed by atoms with Crippen LogP contribution in [0.25, 0.3) is 5.69 Å². The van der Waals surface area contributed by atoms with Crippen molar-refractivity contribution in [3.05, 3.63) is 71.3 Å². The molecule has 2 N–H and O–H groups in total. The lowest BCUT2D eigenvalue weighted by atomic mass is 10.00. The molecule has 3 aromatic rings. The summed E-state index contributed by atoms with van der Waals surface area (Å²) in [5.74, 6) is -0.0389. The minimum atomic E-state index is -0.0389. The first-order chi connectivity index (χ1) is 12.7. The van der Waals surface area contributed by atoms with Gasteiger partial charge < -0.3 is 10.2 Å². The Balaban J connectivity index is 1.47. The number of fused-ring (bicyclic) bond motifs is 1. The fourth-order valence-corrected chi connectivity index (χ4v) is 3.53. The molecule has 0 saturated heterocycles. The van der Waals surface area contributed by atoms with E-state index in [1.165, 1.54) is 22.4 Å². The minimum absolute atomic E-state index is 0.0389. The summed E-state index contributed by atoms with van der Waals surface area (Å²) in [5.41, 5.74) is 4.08. The van der Waals surface area contributed by atoms with Gasteiger partial charge in [-0.3, -0.25) is 4.79 Å². The fourth-order valence-electron chi connectivity index (χ4n) is 3.36. The number of hydrogen-bond acceptors (Lipinski definition) is 3. The summed E-state index contributed by atoms with van der Waals surface area (Å²) in [4.78, 5) is 17.8. The summed E-state index contributed by atoms with van der Waals surface area (Å²) in [6, 6.07) is 13.8. The zero-order valence-electron chi connectivity index (χ0n) is 14.2. The van der Waals surface area contributed by atoms with E-state index in [1.54, 1.807) is 23.1 Å². The molecule has 1 aliphatic rings. The molecule has 0 bridgehead atoms. The maximum Gasteiger partial charge on any atom is 0.279 e. The first-order valence-electron chi connectivity index (χ1n) is 8.54. The Kier molecular flexibility index (Phi) is 4.69. The molecule has 2 aromatic carbocycles. The van der Waals surface area contributed by atoms with Gasteiger partial charge in [-0.25, -0.2) is 9.67 Å². The van der Waals surface area contributed by atoms with Crippen LogP contribution in [0.2, 0.25) is 5.02 Å². The molecule has 132 valence electrons. The summed E-state index contributed by atoms with van der Waals surface area (Å²) in [6.45, 7) is 2.24. The lowest BCUT2D eigenvalue weighted by molar-refractivity contribution is -0.907. The number of nitrogens with one attached hydrogen (secondary N) is 2. The molecule has 26 heavy (non-hydrogen) atoms. The number of carbonyl (C=O) groups excluding carboxylic acids is 1. The van der Waals surface area contributed by atoms with E-state index in [2.05, 4.69) is 39.7 Å². The van der Waals surface area contributed by atoms with Crippen molar-refractivity contribution in [1.82, 2.24) is 14.8 Å². The van der Waals surface area contributed by atoms with Gasteiger partial charge in [-0.05, 0) is 23.8 Å². The summed E-state index contributed by atoms with van der Waals surface area (Å²) in [5, 5.41) is 7.67. The van der Waals surface area contributed by atoms with E-state index >= 15 is 0 Å². The molecule has 4 rings (SSSR count). The highest BCUT2D eigenvalue weighted by Gasteiger charge is 2.22. The van der Waals surface area contributed by atoms with Crippen LogP contribution >= 0.6 is 11.6 Å². The van der Waals surface area contributed by atoms with Gasteiger partial charge in [0.05, 0.1) is 17.9 Å². The van der Waals surface area contributed by atoms with Gasteiger partial charge in [0.2, 0.25) is 0 Å². The van der Waals surface area contributed by atoms with Crippen LogP contribution < -0.4 is 10.2 Å². The Morgan fingerprint density at radius 3 is 2.88 bits per heavy atom. The van der Waals surface area contributed by atoms with E-state index in [9.17, 15) is 4.79 Å². The smallest absolute Gasteiger partial charge is 0.279 e. The van der Waals surface area contributed by atoms with Crippen molar-refractivity contribution in [3.63, 3.8) is 0 Å². The molecule has 7 heteroatoms. The van der Waals surface area contributed by atoms with Gasteiger partial charge in [-0.1, -0.05) is 35.9 Å². The molecule has 0 spiro atoms. The second kappa shape index (κ2) is 7.27. The molecule has 1 aliphatic heterocycles. The van der Waals surface area contributed by atoms with Crippen molar-refractivity contribution in [2.45, 2.75) is 13.0 Å². The van der Waals surface area contributed by atoms with Crippen LogP contribution in [0.15, 0.2) is 55.1 Å². The van der Waals surface area contributed by atoms with Gasteiger partial charge in [0.25, 0.3) is 5.91 Å². The minimum Gasteiger partial charge on any atom is -0.323 e. The third-order valence-electron chi connectivity index (χ3n) is 4.62. The predicted octanol–water partition coefficient (Wildman–Crippen LogP) is 1.50. The maximum atomic E-state index is 12.6. The van der Waals surface area contributed by atoms with Crippen molar-refractivity contribution < 1.29 is 9.69 Å².